The lowest BCUT2D eigenvalue weighted by Gasteiger charge is -2.08. The summed E-state index contributed by atoms with van der Waals surface area (Å²) < 4.78 is 0.766. The monoisotopic (exact) mass is 335 g/mol. The van der Waals surface area contributed by atoms with Gasteiger partial charge < -0.3 is 5.32 Å². The minimum absolute atomic E-state index is 0.258. The number of carbonyl (C=O) groups is 1. The van der Waals surface area contributed by atoms with E-state index in [1.54, 1.807) is 18.2 Å². The first-order valence-corrected chi connectivity index (χ1v) is 6.39. The average Bonchev–Trinajstić information content (AvgIpc) is 2.39. The molecule has 0 atom stereocenters. The second-order valence-corrected chi connectivity index (χ2v) is 4.93. The van der Waals surface area contributed by atoms with Crippen LogP contribution in [0.2, 0.25) is 5.02 Å². The predicted octanol–water partition coefficient (Wildman–Crippen LogP) is 3.62. The number of nitriles is 1. The number of carbonyl (C=O) groups excluding carboxylic acids is 1. The summed E-state index contributed by atoms with van der Waals surface area (Å²) in [5, 5.41) is 11.9. The third-order valence-electron chi connectivity index (χ3n) is 2.37. The van der Waals surface area contributed by atoms with Crippen molar-refractivity contribution in [2.24, 2.45) is 0 Å². The molecule has 6 heteroatoms. The van der Waals surface area contributed by atoms with Gasteiger partial charge in [0.1, 0.15) is 6.07 Å². The Morgan fingerprint density at radius 3 is 2.89 bits per heavy atom. The number of rotatable bonds is 2. The Morgan fingerprint density at radius 2 is 2.21 bits per heavy atom. The van der Waals surface area contributed by atoms with Crippen molar-refractivity contribution >= 4 is 39.1 Å². The van der Waals surface area contributed by atoms with Crippen molar-refractivity contribution in [1.82, 2.24) is 4.98 Å². The van der Waals surface area contributed by atoms with Crippen LogP contribution in [0.15, 0.2) is 41.1 Å². The molecule has 2 aromatic rings. The molecule has 0 aliphatic heterocycles. The third-order valence-corrected chi connectivity index (χ3v) is 3.16. The Kier molecular flexibility index (Phi) is 4.15. The summed E-state index contributed by atoms with van der Waals surface area (Å²) in [5.41, 5.74) is 1.11. The summed E-state index contributed by atoms with van der Waals surface area (Å²) >= 11 is 9.18. The zero-order valence-corrected chi connectivity index (χ0v) is 11.9. The molecule has 1 aromatic heterocycles. The number of benzene rings is 1. The van der Waals surface area contributed by atoms with Gasteiger partial charge in [-0.15, -0.1) is 0 Å². The summed E-state index contributed by atoms with van der Waals surface area (Å²) in [6.07, 6.45) is 2.87. The number of halogens is 2. The van der Waals surface area contributed by atoms with E-state index >= 15 is 0 Å². The molecule has 0 saturated carbocycles. The molecule has 0 saturated heterocycles. The molecular weight excluding hydrogens is 330 g/mol. The highest BCUT2D eigenvalue weighted by Crippen LogP contribution is 2.22. The van der Waals surface area contributed by atoms with Gasteiger partial charge in [-0.3, -0.25) is 9.78 Å². The Balaban J connectivity index is 2.32. The minimum Gasteiger partial charge on any atom is -0.321 e. The van der Waals surface area contributed by atoms with E-state index in [1.807, 2.05) is 6.07 Å². The lowest BCUT2D eigenvalue weighted by atomic mass is 10.2. The molecule has 0 fully saturated rings. The van der Waals surface area contributed by atoms with Crippen molar-refractivity contribution in [3.63, 3.8) is 0 Å². The molecule has 0 bridgehead atoms. The van der Waals surface area contributed by atoms with Gasteiger partial charge >= 0.3 is 0 Å². The SMILES string of the molecule is N#Cc1ccc(Br)cc1NC(=O)c1ccncc1Cl. The van der Waals surface area contributed by atoms with Crippen LogP contribution >= 0.6 is 27.5 Å². The Hall–Kier alpha value is -1.90. The van der Waals surface area contributed by atoms with Crippen LogP contribution in [0.4, 0.5) is 5.69 Å². The van der Waals surface area contributed by atoms with Crippen molar-refractivity contribution in [2.75, 3.05) is 5.32 Å². The fourth-order valence-corrected chi connectivity index (χ4v) is 2.03. The second-order valence-electron chi connectivity index (χ2n) is 3.61. The highest BCUT2D eigenvalue weighted by molar-refractivity contribution is 9.10. The van der Waals surface area contributed by atoms with Crippen LogP contribution in [0.25, 0.3) is 0 Å². The number of nitrogens with zero attached hydrogens (tertiary/aromatic N) is 2. The second kappa shape index (κ2) is 5.83. The van der Waals surface area contributed by atoms with Crippen molar-refractivity contribution in [3.8, 4) is 6.07 Å². The molecule has 94 valence electrons. The first-order chi connectivity index (χ1) is 9.11. The van der Waals surface area contributed by atoms with E-state index in [-0.39, 0.29) is 10.9 Å². The maximum atomic E-state index is 12.1. The van der Waals surface area contributed by atoms with Crippen LogP contribution < -0.4 is 5.32 Å². The highest BCUT2D eigenvalue weighted by Gasteiger charge is 2.12. The van der Waals surface area contributed by atoms with Crippen molar-refractivity contribution in [2.45, 2.75) is 0 Å². The van der Waals surface area contributed by atoms with E-state index in [9.17, 15) is 4.79 Å². The van der Waals surface area contributed by atoms with Crippen LogP contribution in [0.1, 0.15) is 15.9 Å². The van der Waals surface area contributed by atoms with Gasteiger partial charge in [-0.2, -0.15) is 5.26 Å². The first-order valence-electron chi connectivity index (χ1n) is 5.22. The van der Waals surface area contributed by atoms with E-state index in [0.29, 0.717) is 16.8 Å². The standard InChI is InChI=1S/C13H7BrClN3O/c14-9-2-1-8(6-16)12(5-9)18-13(19)10-3-4-17-7-11(10)15/h1-5,7H,(H,18,19). The molecule has 4 nitrogen and oxygen atoms in total. The molecule has 19 heavy (non-hydrogen) atoms. The number of hydrogen-bond acceptors (Lipinski definition) is 3. The third kappa shape index (κ3) is 3.11. The van der Waals surface area contributed by atoms with Crippen molar-refractivity contribution < 1.29 is 4.79 Å². The number of hydrogen-bond donors (Lipinski definition) is 1. The van der Waals surface area contributed by atoms with Gasteiger partial charge in [-0.05, 0) is 24.3 Å². The average molecular weight is 337 g/mol. The molecule has 0 unspecified atom stereocenters. The van der Waals surface area contributed by atoms with Gasteiger partial charge in [0.25, 0.3) is 5.91 Å². The summed E-state index contributed by atoms with van der Waals surface area (Å²) in [4.78, 5) is 15.9. The number of amides is 1. The minimum atomic E-state index is -0.387. The normalized spacial score (nSPS) is 9.74. The number of aromatic nitrogens is 1. The molecule has 0 radical (unpaired) electrons. The molecule has 1 amide bonds. The van der Waals surface area contributed by atoms with Gasteiger partial charge in [-0.25, -0.2) is 0 Å². The summed E-state index contributed by atoms with van der Waals surface area (Å²) in [6.45, 7) is 0. The zero-order chi connectivity index (χ0) is 13.8. The van der Waals surface area contributed by atoms with Crippen molar-refractivity contribution in [3.05, 3.63) is 57.3 Å². The van der Waals surface area contributed by atoms with Crippen LogP contribution in [0.3, 0.4) is 0 Å². The van der Waals surface area contributed by atoms with Gasteiger partial charge in [-0.1, -0.05) is 27.5 Å². The highest BCUT2D eigenvalue weighted by atomic mass is 79.9. The number of pyridine rings is 1. The van der Waals surface area contributed by atoms with E-state index in [1.165, 1.54) is 18.5 Å². The van der Waals surface area contributed by atoms with E-state index in [4.69, 9.17) is 16.9 Å². The van der Waals surface area contributed by atoms with E-state index in [2.05, 4.69) is 26.2 Å². The molecule has 2 rings (SSSR count). The lowest BCUT2D eigenvalue weighted by molar-refractivity contribution is 0.102. The molecule has 1 heterocycles. The summed E-state index contributed by atoms with van der Waals surface area (Å²) in [6, 6.07) is 8.54. The smallest absolute Gasteiger partial charge is 0.257 e. The maximum absolute atomic E-state index is 12.1. The first kappa shape index (κ1) is 13.5. The quantitative estimate of drug-likeness (QED) is 0.911. The van der Waals surface area contributed by atoms with E-state index < -0.39 is 0 Å². The topological polar surface area (TPSA) is 65.8 Å². The largest absolute Gasteiger partial charge is 0.321 e. The van der Waals surface area contributed by atoms with Crippen LogP contribution in [0.5, 0.6) is 0 Å². The fraction of sp³-hybridized carbons (Fsp3) is 0. The van der Waals surface area contributed by atoms with Gasteiger partial charge in [0, 0.05) is 16.9 Å². The van der Waals surface area contributed by atoms with Crippen LogP contribution in [-0.2, 0) is 0 Å². The fourth-order valence-electron chi connectivity index (χ4n) is 1.47. The molecule has 0 aliphatic rings. The van der Waals surface area contributed by atoms with Crippen LogP contribution in [0, 0.1) is 11.3 Å². The zero-order valence-electron chi connectivity index (χ0n) is 9.52. The Labute approximate surface area is 123 Å². The van der Waals surface area contributed by atoms with Gasteiger partial charge in [0.15, 0.2) is 0 Å². The lowest BCUT2D eigenvalue weighted by Crippen LogP contribution is -2.13. The molecule has 1 N–H and O–H groups in total. The van der Waals surface area contributed by atoms with Crippen LogP contribution in [-0.4, -0.2) is 10.9 Å². The molecule has 0 aliphatic carbocycles. The molecule has 0 spiro atoms. The van der Waals surface area contributed by atoms with E-state index in [0.717, 1.165) is 4.47 Å². The number of nitrogens with one attached hydrogen (secondary N) is 1. The van der Waals surface area contributed by atoms with Gasteiger partial charge in [0.2, 0.25) is 0 Å². The maximum Gasteiger partial charge on any atom is 0.257 e. The van der Waals surface area contributed by atoms with Crippen molar-refractivity contribution in [1.29, 1.82) is 5.26 Å². The predicted molar refractivity (Wildman–Crippen MR) is 76.1 cm³/mol. The summed E-state index contributed by atoms with van der Waals surface area (Å²) in [7, 11) is 0. The Bertz CT molecular complexity index is 682. The molecule has 1 aromatic carbocycles. The van der Waals surface area contributed by atoms with Gasteiger partial charge in [0.05, 0.1) is 21.8 Å². The Morgan fingerprint density at radius 1 is 1.42 bits per heavy atom. The molecular formula is C13H7BrClN3O. The number of anilines is 1. The summed E-state index contributed by atoms with van der Waals surface area (Å²) in [5.74, 6) is -0.387.